The first-order valence-corrected chi connectivity index (χ1v) is 12.3. The second kappa shape index (κ2) is 11.4. The number of aliphatic hydroxyl groups is 1. The summed E-state index contributed by atoms with van der Waals surface area (Å²) in [7, 11) is 0. The van der Waals surface area contributed by atoms with E-state index in [2.05, 4.69) is 35.6 Å². The summed E-state index contributed by atoms with van der Waals surface area (Å²) < 4.78 is 40.9. The Bertz CT molecular complexity index is 1720. The van der Waals surface area contributed by atoms with Gasteiger partial charge in [-0.15, -0.1) is 13.2 Å². The van der Waals surface area contributed by atoms with Crippen molar-refractivity contribution in [2.75, 3.05) is 22.5 Å². The van der Waals surface area contributed by atoms with Gasteiger partial charge in [-0.1, -0.05) is 36.4 Å². The summed E-state index contributed by atoms with van der Waals surface area (Å²) >= 11 is 0. The fourth-order valence-electron chi connectivity index (χ4n) is 4.14. The molecule has 0 bridgehead atoms. The number of H-pyrrole nitrogens is 2. The van der Waals surface area contributed by atoms with Gasteiger partial charge in [0.1, 0.15) is 17.1 Å². The summed E-state index contributed by atoms with van der Waals surface area (Å²) in [6.45, 7) is 0.136. The normalized spacial score (nSPS) is 12.1. The van der Waals surface area contributed by atoms with Crippen LogP contribution in [0.5, 0.6) is 5.75 Å². The number of fused-ring (bicyclic) bond motifs is 1. The number of anilines is 3. The summed E-state index contributed by atoms with van der Waals surface area (Å²) in [5.74, 6) is -0.189. The molecule has 0 aliphatic carbocycles. The van der Waals surface area contributed by atoms with E-state index in [0.29, 0.717) is 22.4 Å². The first-order chi connectivity index (χ1) is 19.7. The highest BCUT2D eigenvalue weighted by atomic mass is 19.4. The Morgan fingerprint density at radius 2 is 1.71 bits per heavy atom. The highest BCUT2D eigenvalue weighted by molar-refractivity contribution is 6.05. The average Bonchev–Trinajstić information content (AvgIpc) is 3.37. The Morgan fingerprint density at radius 3 is 2.44 bits per heavy atom. The fraction of sp³-hybridized carbons (Fsp3) is 0.107. The van der Waals surface area contributed by atoms with Gasteiger partial charge in [0.25, 0.3) is 5.56 Å². The third-order valence-corrected chi connectivity index (χ3v) is 5.98. The number of nitrogens with one attached hydrogen (secondary N) is 5. The van der Waals surface area contributed by atoms with Crippen LogP contribution < -0.4 is 26.2 Å². The topological polar surface area (TPSA) is 144 Å². The first kappa shape index (κ1) is 27.3. The number of rotatable bonds is 8. The second-order valence-corrected chi connectivity index (χ2v) is 8.84. The van der Waals surface area contributed by atoms with Gasteiger partial charge in [0.2, 0.25) is 0 Å². The molecule has 0 unspecified atom stereocenters. The molecule has 210 valence electrons. The van der Waals surface area contributed by atoms with Crippen LogP contribution in [0.25, 0.3) is 22.4 Å². The van der Waals surface area contributed by atoms with E-state index in [0.717, 1.165) is 17.7 Å². The van der Waals surface area contributed by atoms with E-state index < -0.39 is 29.8 Å². The monoisotopic (exact) mass is 564 g/mol. The largest absolute Gasteiger partial charge is 0.573 e. The maximum Gasteiger partial charge on any atom is 0.573 e. The van der Waals surface area contributed by atoms with Gasteiger partial charge in [0, 0.05) is 18.4 Å². The molecule has 2 heterocycles. The lowest BCUT2D eigenvalue weighted by molar-refractivity contribution is -0.274. The minimum absolute atomic E-state index is 0.136. The van der Waals surface area contributed by atoms with Crippen molar-refractivity contribution < 1.29 is 27.8 Å². The highest BCUT2D eigenvalue weighted by Crippen LogP contribution is 2.29. The molecular formula is C28H23F3N6O4. The van der Waals surface area contributed by atoms with Crippen molar-refractivity contribution in [3.8, 4) is 17.1 Å². The number of urea groups is 1. The van der Waals surface area contributed by atoms with Crippen molar-refractivity contribution in [1.82, 2.24) is 15.0 Å². The van der Waals surface area contributed by atoms with Crippen LogP contribution in [0.15, 0.2) is 89.9 Å². The highest BCUT2D eigenvalue weighted by Gasteiger charge is 2.31. The number of aromatic amines is 2. The Kier molecular flexibility index (Phi) is 7.61. The van der Waals surface area contributed by atoms with Gasteiger partial charge in [-0.25, -0.2) is 9.78 Å². The Labute approximate surface area is 230 Å². The number of imidazole rings is 1. The molecule has 2 aromatic heterocycles. The number of hydrogen-bond donors (Lipinski definition) is 6. The number of carbonyl (C=O) groups is 1. The SMILES string of the molecule is O=C(Nc1ccc(OC(F)(F)F)cc1)Nc1cccc2nc(-c3c(NC[C@@H](O)c4ccccc4)cc[nH]c3=O)[nH]c12. The number of ether oxygens (including phenoxy) is 1. The molecular weight excluding hydrogens is 541 g/mol. The number of aliphatic hydroxyl groups excluding tert-OH is 1. The second-order valence-electron chi connectivity index (χ2n) is 8.84. The van der Waals surface area contributed by atoms with Crippen LogP contribution in [0.4, 0.5) is 35.0 Å². The van der Waals surface area contributed by atoms with E-state index in [1.54, 1.807) is 36.4 Å². The zero-order valence-corrected chi connectivity index (χ0v) is 21.1. The number of halogens is 3. The first-order valence-electron chi connectivity index (χ1n) is 12.3. The molecule has 3 aromatic carbocycles. The molecule has 10 nitrogen and oxygen atoms in total. The minimum atomic E-state index is -4.82. The van der Waals surface area contributed by atoms with Gasteiger partial charge in [0.15, 0.2) is 0 Å². The molecule has 0 aliphatic rings. The zero-order valence-electron chi connectivity index (χ0n) is 21.1. The van der Waals surface area contributed by atoms with E-state index in [1.165, 1.54) is 18.3 Å². The maximum atomic E-state index is 12.8. The molecule has 1 atom stereocenters. The average molecular weight is 565 g/mol. The summed E-state index contributed by atoms with van der Waals surface area (Å²) in [4.78, 5) is 35.7. The third kappa shape index (κ3) is 6.65. The Balaban J connectivity index is 1.34. The Morgan fingerprint density at radius 1 is 0.951 bits per heavy atom. The molecule has 6 N–H and O–H groups in total. The van der Waals surface area contributed by atoms with Crippen LogP contribution in [0.3, 0.4) is 0 Å². The molecule has 2 amide bonds. The summed E-state index contributed by atoms with van der Waals surface area (Å²) in [5.41, 5.74) is 2.42. The van der Waals surface area contributed by atoms with E-state index in [1.807, 2.05) is 18.2 Å². The number of nitrogens with zero attached hydrogens (tertiary/aromatic N) is 1. The van der Waals surface area contributed by atoms with Crippen LogP contribution in [-0.2, 0) is 0 Å². The van der Waals surface area contributed by atoms with Crippen LogP contribution in [-0.4, -0.2) is 39.0 Å². The smallest absolute Gasteiger partial charge is 0.406 e. The molecule has 5 rings (SSSR count). The van der Waals surface area contributed by atoms with Gasteiger partial charge in [0.05, 0.1) is 28.5 Å². The van der Waals surface area contributed by atoms with Crippen molar-refractivity contribution in [2.45, 2.75) is 12.5 Å². The molecule has 0 aliphatic heterocycles. The quantitative estimate of drug-likeness (QED) is 0.145. The molecule has 0 spiro atoms. The third-order valence-electron chi connectivity index (χ3n) is 5.98. The van der Waals surface area contributed by atoms with Gasteiger partial charge in [-0.3, -0.25) is 4.79 Å². The number of benzene rings is 3. The van der Waals surface area contributed by atoms with Crippen molar-refractivity contribution in [3.05, 3.63) is 101 Å². The minimum Gasteiger partial charge on any atom is -0.406 e. The molecule has 0 saturated heterocycles. The fourth-order valence-corrected chi connectivity index (χ4v) is 4.14. The number of aromatic nitrogens is 3. The van der Waals surface area contributed by atoms with Gasteiger partial charge in [-0.05, 0) is 48.0 Å². The van der Waals surface area contributed by atoms with Crippen molar-refractivity contribution in [2.24, 2.45) is 0 Å². The standard InChI is InChI=1S/C28H23F3N6O4/c29-28(30,31)41-18-11-9-17(10-12-18)34-27(40)36-21-8-4-7-20-24(21)37-25(35-20)23-19(13-14-32-26(23)39)33-15-22(38)16-5-2-1-3-6-16/h1-14,22,38H,15H2,(H,35,37)(H2,32,33,39)(H2,34,36,40)/t22-/m1/s1. The van der Waals surface area contributed by atoms with Crippen LogP contribution in [0.2, 0.25) is 0 Å². The molecule has 0 saturated carbocycles. The number of alkyl halides is 3. The maximum absolute atomic E-state index is 12.8. The Hall–Kier alpha value is -5.30. The lowest BCUT2D eigenvalue weighted by Gasteiger charge is -2.14. The van der Waals surface area contributed by atoms with Gasteiger partial charge in [-0.2, -0.15) is 0 Å². The molecule has 5 aromatic rings. The van der Waals surface area contributed by atoms with E-state index in [9.17, 15) is 27.9 Å². The van der Waals surface area contributed by atoms with Crippen molar-refractivity contribution >= 4 is 34.1 Å². The van der Waals surface area contributed by atoms with Crippen LogP contribution >= 0.6 is 0 Å². The molecule has 0 fully saturated rings. The summed E-state index contributed by atoms with van der Waals surface area (Å²) in [6.07, 6.45) is -4.16. The lowest BCUT2D eigenvalue weighted by atomic mass is 10.1. The summed E-state index contributed by atoms with van der Waals surface area (Å²) in [6, 6.07) is 19.7. The lowest BCUT2D eigenvalue weighted by Crippen LogP contribution is -2.20. The number of hydrogen-bond acceptors (Lipinski definition) is 6. The molecule has 13 heteroatoms. The van der Waals surface area contributed by atoms with Gasteiger partial charge >= 0.3 is 12.4 Å². The van der Waals surface area contributed by atoms with E-state index in [4.69, 9.17) is 0 Å². The number of carbonyl (C=O) groups excluding carboxylic acids is 1. The number of para-hydroxylation sites is 1. The predicted molar refractivity (Wildman–Crippen MR) is 148 cm³/mol. The van der Waals surface area contributed by atoms with E-state index in [-0.39, 0.29) is 23.6 Å². The zero-order chi connectivity index (χ0) is 29.0. The van der Waals surface area contributed by atoms with Crippen molar-refractivity contribution in [3.63, 3.8) is 0 Å². The summed E-state index contributed by atoms with van der Waals surface area (Å²) in [5, 5.41) is 18.9. The van der Waals surface area contributed by atoms with Crippen LogP contribution in [0.1, 0.15) is 11.7 Å². The van der Waals surface area contributed by atoms with E-state index >= 15 is 0 Å². The predicted octanol–water partition coefficient (Wildman–Crippen LogP) is 5.61. The van der Waals surface area contributed by atoms with Crippen LogP contribution in [0, 0.1) is 0 Å². The number of amides is 2. The van der Waals surface area contributed by atoms with Crippen molar-refractivity contribution in [1.29, 1.82) is 0 Å². The molecule has 41 heavy (non-hydrogen) atoms. The molecule has 0 radical (unpaired) electrons. The number of pyridine rings is 1. The van der Waals surface area contributed by atoms with Gasteiger partial charge < -0.3 is 35.8 Å².